The van der Waals surface area contributed by atoms with Gasteiger partial charge < -0.3 is 4.74 Å². The van der Waals surface area contributed by atoms with Crippen LogP contribution in [-0.2, 0) is 0 Å². The predicted octanol–water partition coefficient (Wildman–Crippen LogP) is 3.23. The molecule has 0 saturated heterocycles. The van der Waals surface area contributed by atoms with Crippen LogP contribution < -0.4 is 10.2 Å². The normalized spacial score (nSPS) is 30.9. The van der Waals surface area contributed by atoms with Crippen molar-refractivity contribution >= 4 is 18.9 Å². The Morgan fingerprint density at radius 3 is 2.78 bits per heavy atom. The molecule has 0 bridgehead atoms. The summed E-state index contributed by atoms with van der Waals surface area (Å²) < 4.78 is 6.32. The molecule has 1 fully saturated rings. The van der Waals surface area contributed by atoms with E-state index in [-0.39, 0.29) is 5.60 Å². The zero-order chi connectivity index (χ0) is 12.8. The molecule has 18 heavy (non-hydrogen) atoms. The fourth-order valence-electron chi connectivity index (χ4n) is 3.23. The molecule has 1 aromatic carbocycles. The molecule has 3 rings (SSSR count). The minimum atomic E-state index is 0.00666. The molecule has 2 heteroatoms. The highest BCUT2D eigenvalue weighted by Crippen LogP contribution is 2.46. The van der Waals surface area contributed by atoms with Gasteiger partial charge in [-0.15, -0.1) is 0 Å². The van der Waals surface area contributed by atoms with Crippen LogP contribution in [0.4, 0.5) is 0 Å². The number of hydrogen-bond donors (Lipinski definition) is 0. The lowest BCUT2D eigenvalue weighted by atomic mass is 9.74. The van der Waals surface area contributed by atoms with Gasteiger partial charge in [-0.05, 0) is 43.2 Å². The van der Waals surface area contributed by atoms with Crippen molar-refractivity contribution in [2.24, 2.45) is 5.92 Å². The van der Waals surface area contributed by atoms with Gasteiger partial charge in [0.15, 0.2) is 0 Å². The lowest BCUT2D eigenvalue weighted by molar-refractivity contribution is 0.0170. The Labute approximate surface area is 111 Å². The standard InChI is InChI=1S/C16H19BO/c1-11-5-7-16(8-6-11)10-12(2)14-9-13(17)3-4-15(14)18-16/h3-4,9,11H,2,5-8,10H2,1H3. The van der Waals surface area contributed by atoms with Gasteiger partial charge in [0.25, 0.3) is 0 Å². The topological polar surface area (TPSA) is 9.23 Å². The molecule has 1 aromatic rings. The molecule has 1 aliphatic carbocycles. The van der Waals surface area contributed by atoms with Gasteiger partial charge in [-0.2, -0.15) is 0 Å². The Bertz CT molecular complexity index is 484. The molecule has 2 radical (unpaired) electrons. The summed E-state index contributed by atoms with van der Waals surface area (Å²) in [5.41, 5.74) is 3.07. The van der Waals surface area contributed by atoms with Crippen molar-refractivity contribution in [2.75, 3.05) is 0 Å². The molecule has 0 atom stereocenters. The number of ether oxygens (including phenoxy) is 1. The van der Waals surface area contributed by atoms with Gasteiger partial charge in [-0.3, -0.25) is 0 Å². The van der Waals surface area contributed by atoms with Gasteiger partial charge in [-0.25, -0.2) is 0 Å². The molecule has 1 aliphatic heterocycles. The SMILES string of the molecule is [B]c1ccc2c(c1)C(=C)CC1(CCC(C)CC1)O2. The van der Waals surface area contributed by atoms with Crippen LogP contribution in [0.25, 0.3) is 5.57 Å². The van der Waals surface area contributed by atoms with E-state index in [2.05, 4.69) is 13.5 Å². The highest BCUT2D eigenvalue weighted by atomic mass is 16.5. The summed E-state index contributed by atoms with van der Waals surface area (Å²) >= 11 is 0. The molecule has 0 aromatic heterocycles. The molecule has 1 saturated carbocycles. The zero-order valence-electron chi connectivity index (χ0n) is 11.0. The quantitative estimate of drug-likeness (QED) is 0.630. The summed E-state index contributed by atoms with van der Waals surface area (Å²) in [6.45, 7) is 6.56. The van der Waals surface area contributed by atoms with Crippen LogP contribution >= 0.6 is 0 Å². The van der Waals surface area contributed by atoms with E-state index in [1.54, 1.807) is 0 Å². The third-order valence-corrected chi connectivity index (χ3v) is 4.43. The Hall–Kier alpha value is -1.18. The molecule has 0 amide bonds. The lowest BCUT2D eigenvalue weighted by Crippen LogP contribution is -2.42. The monoisotopic (exact) mass is 238 g/mol. The number of rotatable bonds is 0. The second-order valence-electron chi connectivity index (χ2n) is 6.00. The van der Waals surface area contributed by atoms with Crippen LogP contribution in [0.1, 0.15) is 44.6 Å². The molecule has 0 unspecified atom stereocenters. The molecule has 1 spiro atoms. The maximum Gasteiger partial charge on any atom is 0.127 e. The number of hydrogen-bond acceptors (Lipinski definition) is 1. The third kappa shape index (κ3) is 1.98. The van der Waals surface area contributed by atoms with Crippen LogP contribution in [0.5, 0.6) is 5.75 Å². The summed E-state index contributed by atoms with van der Waals surface area (Å²) in [6, 6.07) is 5.89. The second kappa shape index (κ2) is 4.19. The first-order valence-electron chi connectivity index (χ1n) is 6.85. The van der Waals surface area contributed by atoms with Crippen molar-refractivity contribution in [2.45, 2.75) is 44.6 Å². The van der Waals surface area contributed by atoms with E-state index < -0.39 is 0 Å². The fourth-order valence-corrected chi connectivity index (χ4v) is 3.23. The summed E-state index contributed by atoms with van der Waals surface area (Å²) in [5.74, 6) is 1.80. The van der Waals surface area contributed by atoms with E-state index >= 15 is 0 Å². The number of fused-ring (bicyclic) bond motifs is 1. The maximum absolute atomic E-state index is 6.32. The average molecular weight is 238 g/mol. The molecule has 1 heterocycles. The molecular formula is C16H19BO. The second-order valence-corrected chi connectivity index (χ2v) is 6.00. The van der Waals surface area contributed by atoms with Gasteiger partial charge >= 0.3 is 0 Å². The minimum Gasteiger partial charge on any atom is -0.486 e. The van der Waals surface area contributed by atoms with Gasteiger partial charge in [-0.1, -0.05) is 31.1 Å². The molecule has 1 nitrogen and oxygen atoms in total. The summed E-state index contributed by atoms with van der Waals surface area (Å²) in [7, 11) is 5.84. The largest absolute Gasteiger partial charge is 0.486 e. The van der Waals surface area contributed by atoms with Gasteiger partial charge in [0.1, 0.15) is 19.2 Å². The number of benzene rings is 1. The van der Waals surface area contributed by atoms with E-state index in [0.29, 0.717) is 0 Å². The highest BCUT2D eigenvalue weighted by Gasteiger charge is 2.40. The van der Waals surface area contributed by atoms with Crippen LogP contribution in [0, 0.1) is 5.92 Å². The molecule has 2 aliphatic rings. The van der Waals surface area contributed by atoms with Gasteiger partial charge in [0.05, 0.1) is 0 Å². The fraction of sp³-hybridized carbons (Fsp3) is 0.500. The van der Waals surface area contributed by atoms with Crippen LogP contribution in [0.15, 0.2) is 24.8 Å². The Balaban J connectivity index is 1.92. The van der Waals surface area contributed by atoms with E-state index in [9.17, 15) is 0 Å². The maximum atomic E-state index is 6.32. The van der Waals surface area contributed by atoms with Crippen LogP contribution in [0.2, 0.25) is 0 Å². The molecular weight excluding hydrogens is 219 g/mol. The van der Waals surface area contributed by atoms with Gasteiger partial charge in [0.2, 0.25) is 0 Å². The van der Waals surface area contributed by atoms with Crippen molar-refractivity contribution in [1.82, 2.24) is 0 Å². The van der Waals surface area contributed by atoms with Crippen molar-refractivity contribution in [3.8, 4) is 5.75 Å². The van der Waals surface area contributed by atoms with E-state index in [1.165, 1.54) is 18.4 Å². The van der Waals surface area contributed by atoms with E-state index in [0.717, 1.165) is 42.0 Å². The van der Waals surface area contributed by atoms with Crippen LogP contribution in [-0.4, -0.2) is 13.4 Å². The Morgan fingerprint density at radius 1 is 1.33 bits per heavy atom. The molecule has 92 valence electrons. The summed E-state index contributed by atoms with van der Waals surface area (Å²) in [4.78, 5) is 0. The minimum absolute atomic E-state index is 0.00666. The Morgan fingerprint density at radius 2 is 2.06 bits per heavy atom. The zero-order valence-corrected chi connectivity index (χ0v) is 11.0. The highest BCUT2D eigenvalue weighted by molar-refractivity contribution is 6.32. The van der Waals surface area contributed by atoms with Crippen molar-refractivity contribution in [3.05, 3.63) is 30.3 Å². The van der Waals surface area contributed by atoms with Crippen molar-refractivity contribution in [1.29, 1.82) is 0 Å². The lowest BCUT2D eigenvalue weighted by Gasteiger charge is -2.43. The first kappa shape index (κ1) is 11.9. The summed E-state index contributed by atoms with van der Waals surface area (Å²) in [5, 5.41) is 0. The molecule has 0 N–H and O–H groups in total. The first-order valence-corrected chi connectivity index (χ1v) is 6.85. The van der Waals surface area contributed by atoms with E-state index in [1.807, 2.05) is 18.2 Å². The average Bonchev–Trinajstić information content (AvgIpc) is 2.35. The van der Waals surface area contributed by atoms with Gasteiger partial charge in [0, 0.05) is 12.0 Å². The summed E-state index contributed by atoms with van der Waals surface area (Å²) in [6.07, 6.45) is 5.78. The van der Waals surface area contributed by atoms with Crippen molar-refractivity contribution < 1.29 is 4.74 Å². The predicted molar refractivity (Wildman–Crippen MR) is 76.5 cm³/mol. The third-order valence-electron chi connectivity index (χ3n) is 4.43. The van der Waals surface area contributed by atoms with Crippen LogP contribution in [0.3, 0.4) is 0 Å². The Kier molecular flexibility index (Phi) is 2.76. The smallest absolute Gasteiger partial charge is 0.127 e. The first-order chi connectivity index (χ1) is 8.58. The van der Waals surface area contributed by atoms with Crippen molar-refractivity contribution in [3.63, 3.8) is 0 Å². The van der Waals surface area contributed by atoms with E-state index in [4.69, 9.17) is 12.6 Å².